The van der Waals surface area contributed by atoms with Crippen molar-refractivity contribution < 1.29 is 4.52 Å². The van der Waals surface area contributed by atoms with E-state index in [0.717, 1.165) is 61.3 Å². The Kier molecular flexibility index (Phi) is 11.1. The van der Waals surface area contributed by atoms with Crippen LogP contribution in [0, 0.1) is 6.92 Å². The van der Waals surface area contributed by atoms with Gasteiger partial charge in [-0.05, 0) is 26.2 Å². The van der Waals surface area contributed by atoms with Gasteiger partial charge in [-0.2, -0.15) is 0 Å². The molecule has 0 fully saturated rings. The van der Waals surface area contributed by atoms with Crippen molar-refractivity contribution in [2.24, 2.45) is 12.0 Å². The molecule has 0 saturated carbocycles. The number of rotatable bonds is 10. The molecular formula is C19H34IN7O. The molecule has 0 unspecified atom stereocenters. The lowest BCUT2D eigenvalue weighted by Gasteiger charge is -2.11. The second kappa shape index (κ2) is 12.7. The maximum absolute atomic E-state index is 5.49. The summed E-state index contributed by atoms with van der Waals surface area (Å²) in [6.07, 6.45) is 4.35. The smallest absolute Gasteiger partial charge is 0.192 e. The first-order valence-electron chi connectivity index (χ1n) is 9.91. The number of nitrogens with zero attached hydrogens (tertiary/aromatic N) is 5. The van der Waals surface area contributed by atoms with Gasteiger partial charge in [-0.25, -0.2) is 4.99 Å². The lowest BCUT2D eigenvalue weighted by molar-refractivity contribution is 0.368. The molecule has 8 nitrogen and oxygen atoms in total. The van der Waals surface area contributed by atoms with E-state index in [2.05, 4.69) is 51.8 Å². The van der Waals surface area contributed by atoms with Crippen molar-refractivity contribution >= 4 is 29.9 Å². The highest BCUT2D eigenvalue weighted by atomic mass is 127. The molecule has 158 valence electrons. The Bertz CT molecular complexity index is 722. The van der Waals surface area contributed by atoms with Gasteiger partial charge in [0.1, 0.15) is 12.4 Å². The molecule has 9 heteroatoms. The highest BCUT2D eigenvalue weighted by molar-refractivity contribution is 14.0. The van der Waals surface area contributed by atoms with Crippen LogP contribution in [0.3, 0.4) is 0 Å². The largest absolute Gasteiger partial charge is 0.359 e. The average Bonchev–Trinajstić information content (AvgIpc) is 3.26. The summed E-state index contributed by atoms with van der Waals surface area (Å²) in [4.78, 5) is 4.64. The monoisotopic (exact) mass is 503 g/mol. The number of aliphatic imine (C=N–C) groups is 1. The van der Waals surface area contributed by atoms with Crippen LogP contribution in [-0.4, -0.2) is 32.4 Å². The minimum atomic E-state index is 0. The van der Waals surface area contributed by atoms with Crippen LogP contribution in [0.2, 0.25) is 0 Å². The fraction of sp³-hybridized carbons (Fsp3) is 0.684. The summed E-state index contributed by atoms with van der Waals surface area (Å²) in [5, 5.41) is 19.2. The lowest BCUT2D eigenvalue weighted by atomic mass is 9.99. The SMILES string of the molecule is CCCCNC(=NCc1nnc(C)n1C)NCc1cc(C(CC)CC)no1.I. The summed E-state index contributed by atoms with van der Waals surface area (Å²) in [5.41, 5.74) is 1.03. The zero-order chi connectivity index (χ0) is 19.6. The maximum Gasteiger partial charge on any atom is 0.192 e. The van der Waals surface area contributed by atoms with Crippen LogP contribution in [0.5, 0.6) is 0 Å². The summed E-state index contributed by atoms with van der Waals surface area (Å²) in [7, 11) is 1.95. The number of aromatic nitrogens is 4. The Labute approximate surface area is 185 Å². The van der Waals surface area contributed by atoms with Gasteiger partial charge in [-0.3, -0.25) is 0 Å². The van der Waals surface area contributed by atoms with Gasteiger partial charge < -0.3 is 19.7 Å². The van der Waals surface area contributed by atoms with Crippen LogP contribution in [0.15, 0.2) is 15.6 Å². The Morgan fingerprint density at radius 3 is 2.57 bits per heavy atom. The highest BCUT2D eigenvalue weighted by Crippen LogP contribution is 2.22. The Morgan fingerprint density at radius 1 is 1.21 bits per heavy atom. The first-order chi connectivity index (χ1) is 13.1. The van der Waals surface area contributed by atoms with Crippen LogP contribution in [0.25, 0.3) is 0 Å². The summed E-state index contributed by atoms with van der Waals surface area (Å²) in [5.74, 6) is 3.72. The fourth-order valence-electron chi connectivity index (χ4n) is 2.78. The predicted molar refractivity (Wildman–Crippen MR) is 122 cm³/mol. The second-order valence-corrected chi connectivity index (χ2v) is 6.75. The molecule has 0 atom stereocenters. The zero-order valence-corrected chi connectivity index (χ0v) is 20.0. The molecular weight excluding hydrogens is 469 g/mol. The predicted octanol–water partition coefficient (Wildman–Crippen LogP) is 3.67. The molecule has 28 heavy (non-hydrogen) atoms. The van der Waals surface area contributed by atoms with Gasteiger partial charge >= 0.3 is 0 Å². The van der Waals surface area contributed by atoms with Crippen LogP contribution in [0.4, 0.5) is 0 Å². The molecule has 2 heterocycles. The summed E-state index contributed by atoms with van der Waals surface area (Å²) < 4.78 is 7.44. The van der Waals surface area contributed by atoms with Crippen LogP contribution in [0.1, 0.15) is 75.5 Å². The average molecular weight is 503 g/mol. The normalized spacial score (nSPS) is 11.6. The molecule has 0 aliphatic rings. The molecule has 0 bridgehead atoms. The minimum absolute atomic E-state index is 0. The zero-order valence-electron chi connectivity index (χ0n) is 17.7. The molecule has 2 aromatic heterocycles. The van der Waals surface area contributed by atoms with E-state index in [9.17, 15) is 0 Å². The molecule has 0 saturated heterocycles. The van der Waals surface area contributed by atoms with E-state index >= 15 is 0 Å². The third kappa shape index (κ3) is 7.06. The van der Waals surface area contributed by atoms with Crippen molar-refractivity contribution in [1.82, 2.24) is 30.6 Å². The second-order valence-electron chi connectivity index (χ2n) is 6.75. The van der Waals surface area contributed by atoms with E-state index in [4.69, 9.17) is 4.52 Å². The molecule has 2 N–H and O–H groups in total. The van der Waals surface area contributed by atoms with Crippen LogP contribution in [-0.2, 0) is 20.1 Å². The van der Waals surface area contributed by atoms with Crippen molar-refractivity contribution in [2.45, 2.75) is 72.4 Å². The number of halogens is 1. The van der Waals surface area contributed by atoms with Crippen molar-refractivity contribution in [3.05, 3.63) is 29.2 Å². The number of hydrogen-bond donors (Lipinski definition) is 2. The molecule has 2 aromatic rings. The van der Waals surface area contributed by atoms with Crippen molar-refractivity contribution in [3.63, 3.8) is 0 Å². The number of hydrogen-bond acceptors (Lipinski definition) is 5. The molecule has 0 aliphatic carbocycles. The number of aryl methyl sites for hydroxylation is 1. The Hall–Kier alpha value is -1.65. The summed E-state index contributed by atoms with van der Waals surface area (Å²) in [6.45, 7) is 10.3. The van der Waals surface area contributed by atoms with Gasteiger partial charge in [0.15, 0.2) is 17.5 Å². The third-order valence-corrected chi connectivity index (χ3v) is 4.80. The minimum Gasteiger partial charge on any atom is -0.359 e. The maximum atomic E-state index is 5.49. The molecule has 0 aromatic carbocycles. The fourth-order valence-corrected chi connectivity index (χ4v) is 2.78. The van der Waals surface area contributed by atoms with E-state index in [1.54, 1.807) is 0 Å². The van der Waals surface area contributed by atoms with Gasteiger partial charge in [0, 0.05) is 25.6 Å². The number of unbranched alkanes of at least 4 members (excludes halogenated alkanes) is 1. The van der Waals surface area contributed by atoms with E-state index in [-0.39, 0.29) is 24.0 Å². The van der Waals surface area contributed by atoms with Gasteiger partial charge in [-0.15, -0.1) is 34.2 Å². The summed E-state index contributed by atoms with van der Waals surface area (Å²) >= 11 is 0. The van der Waals surface area contributed by atoms with Gasteiger partial charge in [0.05, 0.1) is 12.2 Å². The Balaban J connectivity index is 0.00000392. The van der Waals surface area contributed by atoms with Gasteiger partial charge in [-0.1, -0.05) is 32.3 Å². The van der Waals surface area contributed by atoms with Crippen LogP contribution >= 0.6 is 24.0 Å². The molecule has 0 radical (unpaired) electrons. The molecule has 2 rings (SSSR count). The molecule has 0 spiro atoms. The summed E-state index contributed by atoms with van der Waals surface area (Å²) in [6, 6.07) is 2.04. The van der Waals surface area contributed by atoms with Crippen molar-refractivity contribution in [2.75, 3.05) is 6.54 Å². The Morgan fingerprint density at radius 2 is 1.96 bits per heavy atom. The van der Waals surface area contributed by atoms with Crippen molar-refractivity contribution in [3.8, 4) is 0 Å². The lowest BCUT2D eigenvalue weighted by Crippen LogP contribution is -2.37. The third-order valence-electron chi connectivity index (χ3n) is 4.80. The van der Waals surface area contributed by atoms with E-state index in [1.807, 2.05) is 24.6 Å². The van der Waals surface area contributed by atoms with Gasteiger partial charge in [0.25, 0.3) is 0 Å². The molecule has 0 amide bonds. The molecule has 0 aliphatic heterocycles. The highest BCUT2D eigenvalue weighted by Gasteiger charge is 2.13. The quantitative estimate of drug-likeness (QED) is 0.223. The first-order valence-corrected chi connectivity index (χ1v) is 9.91. The van der Waals surface area contributed by atoms with E-state index in [0.29, 0.717) is 19.0 Å². The van der Waals surface area contributed by atoms with Crippen molar-refractivity contribution in [1.29, 1.82) is 0 Å². The number of guanidine groups is 1. The topological polar surface area (TPSA) is 93.2 Å². The van der Waals surface area contributed by atoms with Gasteiger partial charge in [0.2, 0.25) is 0 Å². The van der Waals surface area contributed by atoms with E-state index in [1.165, 1.54) is 0 Å². The first kappa shape index (κ1) is 24.4. The standard InChI is InChI=1S/C19H33N7O.HI/c1-6-9-10-20-19(22-13-18-24-23-14(4)26(18)5)21-12-16-11-17(25-27-16)15(7-2)8-3;/h11,15H,6-10,12-13H2,1-5H3,(H2,20,21,22);1H. The van der Waals surface area contributed by atoms with E-state index < -0.39 is 0 Å². The number of nitrogens with one attached hydrogen (secondary N) is 2. The van der Waals surface area contributed by atoms with Crippen LogP contribution < -0.4 is 10.6 Å².